The molecule has 0 fully saturated rings. The Bertz CT molecular complexity index is 543. The number of pyridine rings is 1. The Morgan fingerprint density at radius 1 is 1.22 bits per heavy atom. The summed E-state index contributed by atoms with van der Waals surface area (Å²) in [5.74, 6) is 1.43. The van der Waals surface area contributed by atoms with E-state index in [1.54, 1.807) is 11.8 Å². The van der Waals surface area contributed by atoms with Crippen LogP contribution in [0.2, 0.25) is 0 Å². The van der Waals surface area contributed by atoms with Gasteiger partial charge in [0.15, 0.2) is 0 Å². The molecule has 0 bridgehead atoms. The fourth-order valence-electron chi connectivity index (χ4n) is 1.66. The standard InChI is InChI=1S/C14H16N2OS/c1-10-11(9-15)7-8-14(16-10)17-12-5-3-4-6-13(12)18-2/h3-8H,9,15H2,1-2H3. The van der Waals surface area contributed by atoms with E-state index in [4.69, 9.17) is 10.5 Å². The van der Waals surface area contributed by atoms with Crippen LogP contribution >= 0.6 is 11.8 Å². The molecule has 2 aromatic rings. The number of ether oxygens (including phenoxy) is 1. The first-order chi connectivity index (χ1) is 8.74. The monoisotopic (exact) mass is 260 g/mol. The number of hydrogen-bond donors (Lipinski definition) is 1. The average Bonchev–Trinajstić information content (AvgIpc) is 2.39. The maximum atomic E-state index is 5.81. The third kappa shape index (κ3) is 2.83. The largest absolute Gasteiger partial charge is 0.438 e. The molecule has 0 aliphatic rings. The molecule has 0 unspecified atom stereocenters. The Labute approximate surface area is 111 Å². The van der Waals surface area contributed by atoms with Crippen molar-refractivity contribution in [2.75, 3.05) is 6.26 Å². The second-order valence-electron chi connectivity index (χ2n) is 3.85. The van der Waals surface area contributed by atoms with E-state index in [1.165, 1.54) is 0 Å². The molecule has 0 radical (unpaired) electrons. The van der Waals surface area contributed by atoms with Crippen molar-refractivity contribution in [3.05, 3.63) is 47.7 Å². The second-order valence-corrected chi connectivity index (χ2v) is 4.70. The average molecular weight is 260 g/mol. The Morgan fingerprint density at radius 2 is 2.00 bits per heavy atom. The summed E-state index contributed by atoms with van der Waals surface area (Å²) in [5, 5.41) is 0. The number of para-hydroxylation sites is 1. The van der Waals surface area contributed by atoms with E-state index in [-0.39, 0.29) is 0 Å². The van der Waals surface area contributed by atoms with Crippen molar-refractivity contribution in [3.8, 4) is 11.6 Å². The highest BCUT2D eigenvalue weighted by atomic mass is 32.2. The Morgan fingerprint density at radius 3 is 2.67 bits per heavy atom. The first-order valence-electron chi connectivity index (χ1n) is 5.72. The number of nitrogens with zero attached hydrogens (tertiary/aromatic N) is 1. The van der Waals surface area contributed by atoms with Gasteiger partial charge in [0, 0.05) is 23.2 Å². The highest BCUT2D eigenvalue weighted by molar-refractivity contribution is 7.98. The maximum Gasteiger partial charge on any atom is 0.219 e. The van der Waals surface area contributed by atoms with Gasteiger partial charge in [0.25, 0.3) is 0 Å². The van der Waals surface area contributed by atoms with Crippen LogP contribution in [0, 0.1) is 6.92 Å². The zero-order valence-electron chi connectivity index (χ0n) is 10.5. The summed E-state index contributed by atoms with van der Waals surface area (Å²) in [4.78, 5) is 5.50. The minimum Gasteiger partial charge on any atom is -0.438 e. The van der Waals surface area contributed by atoms with Crippen molar-refractivity contribution in [3.63, 3.8) is 0 Å². The highest BCUT2D eigenvalue weighted by Gasteiger charge is 2.05. The van der Waals surface area contributed by atoms with Gasteiger partial charge < -0.3 is 10.5 Å². The van der Waals surface area contributed by atoms with Gasteiger partial charge in [-0.3, -0.25) is 0 Å². The molecule has 2 rings (SSSR count). The minimum absolute atomic E-state index is 0.501. The van der Waals surface area contributed by atoms with Crippen LogP contribution in [0.15, 0.2) is 41.3 Å². The van der Waals surface area contributed by atoms with Crippen molar-refractivity contribution in [1.29, 1.82) is 0 Å². The van der Waals surface area contributed by atoms with Crippen molar-refractivity contribution in [1.82, 2.24) is 4.98 Å². The lowest BCUT2D eigenvalue weighted by atomic mass is 10.2. The molecule has 1 aromatic carbocycles. The van der Waals surface area contributed by atoms with E-state index in [0.717, 1.165) is 21.9 Å². The maximum absolute atomic E-state index is 5.81. The SMILES string of the molecule is CSc1ccccc1Oc1ccc(CN)c(C)n1. The molecule has 4 heteroatoms. The van der Waals surface area contributed by atoms with Crippen molar-refractivity contribution in [2.45, 2.75) is 18.4 Å². The van der Waals surface area contributed by atoms with Gasteiger partial charge in [0.05, 0.1) is 0 Å². The van der Waals surface area contributed by atoms with E-state index >= 15 is 0 Å². The van der Waals surface area contributed by atoms with Gasteiger partial charge in [-0.2, -0.15) is 0 Å². The van der Waals surface area contributed by atoms with E-state index in [1.807, 2.05) is 49.6 Å². The molecule has 0 spiro atoms. The molecular weight excluding hydrogens is 244 g/mol. The van der Waals surface area contributed by atoms with Gasteiger partial charge in [-0.15, -0.1) is 11.8 Å². The number of thioether (sulfide) groups is 1. The third-order valence-corrected chi connectivity index (χ3v) is 3.45. The summed E-state index contributed by atoms with van der Waals surface area (Å²) in [7, 11) is 0. The zero-order valence-corrected chi connectivity index (χ0v) is 11.3. The summed E-state index contributed by atoms with van der Waals surface area (Å²) in [6, 6.07) is 11.7. The topological polar surface area (TPSA) is 48.1 Å². The van der Waals surface area contributed by atoms with Crippen LogP contribution in [0.4, 0.5) is 0 Å². The molecule has 0 atom stereocenters. The number of nitrogens with two attached hydrogens (primary N) is 1. The summed E-state index contributed by atoms with van der Waals surface area (Å²) in [6.07, 6.45) is 2.03. The first kappa shape index (κ1) is 12.9. The van der Waals surface area contributed by atoms with Crippen molar-refractivity contribution < 1.29 is 4.74 Å². The van der Waals surface area contributed by atoms with Gasteiger partial charge in [0.2, 0.25) is 5.88 Å². The molecule has 0 saturated heterocycles. The van der Waals surface area contributed by atoms with Crippen LogP contribution in [0.5, 0.6) is 11.6 Å². The summed E-state index contributed by atoms with van der Waals surface area (Å²) >= 11 is 1.65. The molecule has 1 aromatic heterocycles. The van der Waals surface area contributed by atoms with E-state index in [2.05, 4.69) is 4.98 Å². The molecule has 0 saturated carbocycles. The smallest absolute Gasteiger partial charge is 0.219 e. The van der Waals surface area contributed by atoms with Crippen LogP contribution in [-0.2, 0) is 6.54 Å². The van der Waals surface area contributed by atoms with Crippen molar-refractivity contribution in [2.24, 2.45) is 5.73 Å². The van der Waals surface area contributed by atoms with Crippen LogP contribution in [0.1, 0.15) is 11.3 Å². The lowest BCUT2D eigenvalue weighted by molar-refractivity contribution is 0.450. The first-order valence-corrected chi connectivity index (χ1v) is 6.94. The van der Waals surface area contributed by atoms with Gasteiger partial charge in [-0.05, 0) is 30.9 Å². The van der Waals surface area contributed by atoms with E-state index in [0.29, 0.717) is 12.4 Å². The van der Waals surface area contributed by atoms with Gasteiger partial charge in [0.1, 0.15) is 5.75 Å². The van der Waals surface area contributed by atoms with Crippen LogP contribution < -0.4 is 10.5 Å². The van der Waals surface area contributed by atoms with Gasteiger partial charge >= 0.3 is 0 Å². The molecule has 94 valence electrons. The molecule has 1 heterocycles. The quantitative estimate of drug-likeness (QED) is 0.856. The van der Waals surface area contributed by atoms with E-state index in [9.17, 15) is 0 Å². The number of aromatic nitrogens is 1. The predicted octanol–water partition coefficient (Wildman–Crippen LogP) is 3.36. The van der Waals surface area contributed by atoms with Gasteiger partial charge in [-0.1, -0.05) is 18.2 Å². The second kappa shape index (κ2) is 5.89. The van der Waals surface area contributed by atoms with Crippen LogP contribution in [0.3, 0.4) is 0 Å². The van der Waals surface area contributed by atoms with Crippen LogP contribution in [-0.4, -0.2) is 11.2 Å². The molecule has 2 N–H and O–H groups in total. The molecule has 18 heavy (non-hydrogen) atoms. The number of hydrogen-bond acceptors (Lipinski definition) is 4. The Hall–Kier alpha value is -1.52. The molecule has 3 nitrogen and oxygen atoms in total. The molecule has 0 amide bonds. The summed E-state index contributed by atoms with van der Waals surface area (Å²) in [5.41, 5.74) is 7.57. The fourth-order valence-corrected chi connectivity index (χ4v) is 2.18. The summed E-state index contributed by atoms with van der Waals surface area (Å²) in [6.45, 7) is 2.44. The van der Waals surface area contributed by atoms with E-state index < -0.39 is 0 Å². The molecule has 0 aliphatic heterocycles. The summed E-state index contributed by atoms with van der Waals surface area (Å²) < 4.78 is 5.81. The lowest BCUT2D eigenvalue weighted by Gasteiger charge is -2.10. The number of rotatable bonds is 4. The predicted molar refractivity (Wildman–Crippen MR) is 75.2 cm³/mol. The third-order valence-electron chi connectivity index (χ3n) is 2.67. The van der Waals surface area contributed by atoms with Gasteiger partial charge in [-0.25, -0.2) is 4.98 Å². The lowest BCUT2D eigenvalue weighted by Crippen LogP contribution is -2.01. The zero-order chi connectivity index (χ0) is 13.0. The Kier molecular flexibility index (Phi) is 4.23. The van der Waals surface area contributed by atoms with Crippen molar-refractivity contribution >= 4 is 11.8 Å². The minimum atomic E-state index is 0.501. The molecular formula is C14H16N2OS. The highest BCUT2D eigenvalue weighted by Crippen LogP contribution is 2.30. The van der Waals surface area contributed by atoms with Crippen LogP contribution in [0.25, 0.3) is 0 Å². The number of aryl methyl sites for hydroxylation is 1. The Balaban J connectivity index is 2.26. The molecule has 0 aliphatic carbocycles. The fraction of sp³-hybridized carbons (Fsp3) is 0.214. The normalized spacial score (nSPS) is 10.4. The number of benzene rings is 1.